The number of nitrogens with zero attached hydrogens (tertiary/aromatic N) is 1. The zero-order valence-corrected chi connectivity index (χ0v) is 11.5. The average molecular weight is 246 g/mol. The molecule has 18 heavy (non-hydrogen) atoms. The molecule has 0 spiro atoms. The van der Waals surface area contributed by atoms with Gasteiger partial charge in [-0.1, -0.05) is 31.5 Å². The molecule has 1 aromatic rings. The van der Waals surface area contributed by atoms with Crippen molar-refractivity contribution in [2.75, 3.05) is 18.0 Å². The van der Waals surface area contributed by atoms with Gasteiger partial charge in [-0.2, -0.15) is 0 Å². The van der Waals surface area contributed by atoms with Gasteiger partial charge in [-0.05, 0) is 31.4 Å². The summed E-state index contributed by atoms with van der Waals surface area (Å²) in [6.45, 7) is 7.27. The predicted molar refractivity (Wildman–Crippen MR) is 74.9 cm³/mol. The summed E-state index contributed by atoms with van der Waals surface area (Å²) in [5.74, 6) is 0.173. The molecule has 1 aliphatic rings. The Hall–Kier alpha value is -1.35. The second-order valence-electron chi connectivity index (χ2n) is 5.43. The van der Waals surface area contributed by atoms with E-state index in [1.165, 1.54) is 5.56 Å². The molecule has 0 bridgehead atoms. The third-order valence-electron chi connectivity index (χ3n) is 3.71. The average Bonchev–Trinajstić information content (AvgIpc) is 2.53. The lowest BCUT2D eigenvalue weighted by atomic mass is 9.85. The fourth-order valence-corrected chi connectivity index (χ4v) is 2.78. The summed E-state index contributed by atoms with van der Waals surface area (Å²) in [6, 6.07) is 6.26. The Morgan fingerprint density at radius 1 is 1.33 bits per heavy atom. The first-order chi connectivity index (χ1) is 8.54. The highest BCUT2D eigenvalue weighted by molar-refractivity contribution is 6.08. The van der Waals surface area contributed by atoms with Gasteiger partial charge in [-0.15, -0.1) is 0 Å². The van der Waals surface area contributed by atoms with Crippen LogP contribution in [0, 0.1) is 0 Å². The molecule has 1 aliphatic heterocycles. The highest BCUT2D eigenvalue weighted by atomic mass is 16.2. The quantitative estimate of drug-likeness (QED) is 0.885. The number of hydrogen-bond acceptors (Lipinski definition) is 2. The van der Waals surface area contributed by atoms with Crippen molar-refractivity contribution < 1.29 is 4.79 Å². The number of rotatable bonds is 4. The minimum absolute atomic E-state index is 0.173. The molecule has 3 heteroatoms. The smallest absolute Gasteiger partial charge is 0.237 e. The van der Waals surface area contributed by atoms with Gasteiger partial charge in [-0.3, -0.25) is 4.79 Å². The van der Waals surface area contributed by atoms with E-state index in [-0.39, 0.29) is 5.91 Å². The fourth-order valence-electron chi connectivity index (χ4n) is 2.78. The fraction of sp³-hybridized carbons (Fsp3) is 0.533. The van der Waals surface area contributed by atoms with Crippen LogP contribution in [0.25, 0.3) is 0 Å². The topological polar surface area (TPSA) is 46.3 Å². The maximum absolute atomic E-state index is 12.5. The summed E-state index contributed by atoms with van der Waals surface area (Å²) in [6.07, 6.45) is 2.09. The number of benzene rings is 1. The summed E-state index contributed by atoms with van der Waals surface area (Å²) >= 11 is 0. The SMILES string of the molecule is CCCc1cccc2c1N(CCN)C(=O)C2(C)C. The van der Waals surface area contributed by atoms with Gasteiger partial charge in [0.25, 0.3) is 0 Å². The van der Waals surface area contributed by atoms with Crippen LogP contribution in [-0.2, 0) is 16.6 Å². The Labute approximate surface area is 109 Å². The van der Waals surface area contributed by atoms with Crippen molar-refractivity contribution in [3.63, 3.8) is 0 Å². The molecule has 2 N–H and O–H groups in total. The first kappa shape index (κ1) is 13.1. The number of aryl methyl sites for hydroxylation is 1. The van der Waals surface area contributed by atoms with Crippen molar-refractivity contribution in [1.29, 1.82) is 0 Å². The number of carbonyl (C=O) groups is 1. The minimum atomic E-state index is -0.422. The van der Waals surface area contributed by atoms with Crippen LogP contribution >= 0.6 is 0 Å². The molecule has 0 atom stereocenters. The maximum atomic E-state index is 12.5. The van der Waals surface area contributed by atoms with Crippen molar-refractivity contribution in [2.45, 2.75) is 39.0 Å². The Balaban J connectivity index is 2.57. The standard InChI is InChI=1S/C15H22N2O/c1-4-6-11-7-5-8-12-13(11)17(10-9-16)14(18)15(12,2)3/h5,7-8H,4,6,9-10,16H2,1-3H3. The van der Waals surface area contributed by atoms with Crippen molar-refractivity contribution in [3.8, 4) is 0 Å². The van der Waals surface area contributed by atoms with Crippen LogP contribution in [0.3, 0.4) is 0 Å². The van der Waals surface area contributed by atoms with Crippen LogP contribution in [0.4, 0.5) is 5.69 Å². The van der Waals surface area contributed by atoms with E-state index in [4.69, 9.17) is 5.73 Å². The lowest BCUT2D eigenvalue weighted by Crippen LogP contribution is -2.39. The van der Waals surface area contributed by atoms with Crippen molar-refractivity contribution in [3.05, 3.63) is 29.3 Å². The first-order valence-electron chi connectivity index (χ1n) is 6.68. The van der Waals surface area contributed by atoms with Gasteiger partial charge < -0.3 is 10.6 Å². The molecule has 0 saturated carbocycles. The molecular formula is C15H22N2O. The van der Waals surface area contributed by atoms with Gasteiger partial charge in [0, 0.05) is 13.1 Å². The van der Waals surface area contributed by atoms with Crippen molar-refractivity contribution >= 4 is 11.6 Å². The number of fused-ring (bicyclic) bond motifs is 1. The molecule has 98 valence electrons. The van der Waals surface area contributed by atoms with E-state index >= 15 is 0 Å². The van der Waals surface area contributed by atoms with Crippen LogP contribution in [-0.4, -0.2) is 19.0 Å². The molecule has 3 nitrogen and oxygen atoms in total. The lowest BCUT2D eigenvalue weighted by Gasteiger charge is -2.20. The van der Waals surface area contributed by atoms with Crippen LogP contribution in [0.2, 0.25) is 0 Å². The summed E-state index contributed by atoms with van der Waals surface area (Å²) in [7, 11) is 0. The lowest BCUT2D eigenvalue weighted by molar-refractivity contribution is -0.122. The van der Waals surface area contributed by atoms with Gasteiger partial charge in [0.05, 0.1) is 11.1 Å². The third-order valence-corrected chi connectivity index (χ3v) is 3.71. The van der Waals surface area contributed by atoms with Crippen LogP contribution in [0.1, 0.15) is 38.3 Å². The van der Waals surface area contributed by atoms with E-state index in [2.05, 4.69) is 25.1 Å². The number of hydrogen-bond donors (Lipinski definition) is 1. The van der Waals surface area contributed by atoms with E-state index in [0.717, 1.165) is 24.1 Å². The number of amides is 1. The number of para-hydroxylation sites is 1. The number of anilines is 1. The van der Waals surface area contributed by atoms with E-state index in [1.807, 2.05) is 18.7 Å². The molecule has 1 heterocycles. The molecule has 0 aliphatic carbocycles. The Morgan fingerprint density at radius 2 is 2.06 bits per heavy atom. The van der Waals surface area contributed by atoms with E-state index in [9.17, 15) is 4.79 Å². The van der Waals surface area contributed by atoms with Crippen LogP contribution in [0.15, 0.2) is 18.2 Å². The Bertz CT molecular complexity index is 466. The largest absolute Gasteiger partial charge is 0.329 e. The maximum Gasteiger partial charge on any atom is 0.237 e. The van der Waals surface area contributed by atoms with Crippen molar-refractivity contribution in [2.24, 2.45) is 5.73 Å². The van der Waals surface area contributed by atoms with Gasteiger partial charge >= 0.3 is 0 Å². The molecule has 0 aromatic heterocycles. The van der Waals surface area contributed by atoms with E-state index in [1.54, 1.807) is 0 Å². The normalized spacial score (nSPS) is 17.1. The summed E-state index contributed by atoms with van der Waals surface area (Å²) in [5, 5.41) is 0. The monoisotopic (exact) mass is 246 g/mol. The zero-order chi connectivity index (χ0) is 13.3. The van der Waals surface area contributed by atoms with Gasteiger partial charge in [0.1, 0.15) is 0 Å². The molecule has 1 amide bonds. The van der Waals surface area contributed by atoms with Gasteiger partial charge in [0.15, 0.2) is 0 Å². The Kier molecular flexibility index (Phi) is 3.44. The molecule has 0 saturated heterocycles. The van der Waals surface area contributed by atoms with E-state index < -0.39 is 5.41 Å². The van der Waals surface area contributed by atoms with Crippen LogP contribution < -0.4 is 10.6 Å². The second kappa shape index (κ2) is 4.73. The third kappa shape index (κ3) is 1.83. The van der Waals surface area contributed by atoms with Gasteiger partial charge in [0.2, 0.25) is 5.91 Å². The summed E-state index contributed by atoms with van der Waals surface area (Å²) in [5.41, 5.74) is 8.75. The second-order valence-corrected chi connectivity index (χ2v) is 5.43. The summed E-state index contributed by atoms with van der Waals surface area (Å²) in [4.78, 5) is 14.4. The number of carbonyl (C=O) groups excluding carboxylic acids is 1. The molecule has 0 radical (unpaired) electrons. The first-order valence-corrected chi connectivity index (χ1v) is 6.68. The molecule has 0 unspecified atom stereocenters. The predicted octanol–water partition coefficient (Wildman–Crippen LogP) is 2.22. The minimum Gasteiger partial charge on any atom is -0.329 e. The Morgan fingerprint density at radius 3 is 2.67 bits per heavy atom. The molecule has 1 aromatic carbocycles. The zero-order valence-electron chi connectivity index (χ0n) is 11.5. The molecule has 2 rings (SSSR count). The van der Waals surface area contributed by atoms with E-state index in [0.29, 0.717) is 13.1 Å². The highest BCUT2D eigenvalue weighted by Gasteiger charge is 2.44. The molecule has 0 fully saturated rings. The highest BCUT2D eigenvalue weighted by Crippen LogP contribution is 2.43. The summed E-state index contributed by atoms with van der Waals surface area (Å²) < 4.78 is 0. The van der Waals surface area contributed by atoms with Crippen molar-refractivity contribution in [1.82, 2.24) is 0 Å². The number of nitrogens with two attached hydrogens (primary N) is 1. The van der Waals surface area contributed by atoms with Gasteiger partial charge in [-0.25, -0.2) is 0 Å². The van der Waals surface area contributed by atoms with Crippen LogP contribution in [0.5, 0.6) is 0 Å². The molecular weight excluding hydrogens is 224 g/mol.